The van der Waals surface area contributed by atoms with Gasteiger partial charge in [0.05, 0.1) is 10.3 Å². The van der Waals surface area contributed by atoms with Crippen LogP contribution < -0.4 is 4.73 Å². The topological polar surface area (TPSA) is 70.1 Å². The molecule has 0 aliphatic heterocycles. The number of halogens is 1. The van der Waals surface area contributed by atoms with Crippen LogP contribution in [-0.4, -0.2) is 4.92 Å². The maximum absolute atomic E-state index is 11.4. The lowest BCUT2D eigenvalue weighted by atomic mass is 10.2. The predicted molar refractivity (Wildman–Crippen MR) is 54.6 cm³/mol. The Bertz CT molecular complexity index is 556. The molecule has 0 radical (unpaired) electrons. The molecule has 0 aliphatic carbocycles. The van der Waals surface area contributed by atoms with Crippen molar-refractivity contribution < 1.29 is 9.65 Å². The highest BCUT2D eigenvalue weighted by atomic mass is 35.5. The van der Waals surface area contributed by atoms with Crippen molar-refractivity contribution in [1.29, 1.82) is 0 Å². The lowest BCUT2D eigenvalue weighted by Gasteiger charge is -2.01. The Balaban J connectivity index is 2.79. The number of nitrogens with zero attached hydrogens (tertiary/aromatic N) is 2. The Hall–Kier alpha value is -1.88. The molecule has 0 N–H and O–H groups in total. The molecule has 15 heavy (non-hydrogen) atoms. The molecule has 0 saturated carbocycles. The van der Waals surface area contributed by atoms with Gasteiger partial charge in [-0.2, -0.15) is 4.73 Å². The highest BCUT2D eigenvalue weighted by molar-refractivity contribution is 6.31. The van der Waals surface area contributed by atoms with E-state index in [0.29, 0.717) is 20.7 Å². The average Bonchev–Trinajstić information content (AvgIpc) is 2.16. The Morgan fingerprint density at radius 3 is 2.73 bits per heavy atom. The highest BCUT2D eigenvalue weighted by Crippen LogP contribution is 2.20. The SMILES string of the molecule is O=[N+]([O-])c1cc2cc(Cl)ccc2[n+]([O-])c1. The van der Waals surface area contributed by atoms with Gasteiger partial charge in [0.25, 0.3) is 6.20 Å². The van der Waals surface area contributed by atoms with E-state index in [4.69, 9.17) is 11.6 Å². The van der Waals surface area contributed by atoms with Crippen LogP contribution in [0.1, 0.15) is 0 Å². The summed E-state index contributed by atoms with van der Waals surface area (Å²) in [5, 5.41) is 22.8. The normalized spacial score (nSPS) is 10.5. The van der Waals surface area contributed by atoms with Gasteiger partial charge in [0.2, 0.25) is 5.52 Å². The molecule has 0 saturated heterocycles. The second-order valence-corrected chi connectivity index (χ2v) is 3.42. The number of nitro groups is 1. The smallest absolute Gasteiger partial charge is 0.334 e. The van der Waals surface area contributed by atoms with Crippen molar-refractivity contribution in [2.45, 2.75) is 0 Å². The standard InChI is InChI=1S/C9H5ClN2O3/c10-7-1-2-9-6(3-7)4-8(12(14)15)5-11(9)13/h1-5H. The zero-order valence-electron chi connectivity index (χ0n) is 7.38. The van der Waals surface area contributed by atoms with Crippen molar-refractivity contribution in [3.63, 3.8) is 0 Å². The Labute approximate surface area is 89.2 Å². The number of hydrogen-bond donors (Lipinski definition) is 0. The first-order valence-corrected chi connectivity index (χ1v) is 4.42. The van der Waals surface area contributed by atoms with Gasteiger partial charge in [0.1, 0.15) is 0 Å². The third-order valence-electron chi connectivity index (χ3n) is 1.99. The minimum absolute atomic E-state index is 0.250. The van der Waals surface area contributed by atoms with E-state index >= 15 is 0 Å². The second kappa shape index (κ2) is 3.36. The van der Waals surface area contributed by atoms with Gasteiger partial charge in [-0.3, -0.25) is 10.1 Å². The molecule has 0 bridgehead atoms. The average molecular weight is 225 g/mol. The van der Waals surface area contributed by atoms with Gasteiger partial charge in [-0.25, -0.2) is 0 Å². The monoisotopic (exact) mass is 224 g/mol. The van der Waals surface area contributed by atoms with Crippen molar-refractivity contribution in [3.05, 3.63) is 50.8 Å². The molecule has 1 aromatic carbocycles. The fourth-order valence-electron chi connectivity index (χ4n) is 1.33. The number of benzene rings is 1. The molecule has 0 spiro atoms. The summed E-state index contributed by atoms with van der Waals surface area (Å²) >= 11 is 5.72. The molecular formula is C9H5ClN2O3. The van der Waals surface area contributed by atoms with E-state index in [1.165, 1.54) is 18.2 Å². The first-order chi connectivity index (χ1) is 7.08. The van der Waals surface area contributed by atoms with Gasteiger partial charge < -0.3 is 5.21 Å². The van der Waals surface area contributed by atoms with Crippen LogP contribution in [0.2, 0.25) is 5.02 Å². The molecule has 0 unspecified atom stereocenters. The number of hydrogen-bond acceptors (Lipinski definition) is 3. The summed E-state index contributed by atoms with van der Waals surface area (Å²) in [6.07, 6.45) is 0.927. The molecule has 1 aromatic heterocycles. The Morgan fingerprint density at radius 2 is 2.07 bits per heavy atom. The number of aromatic nitrogens is 1. The number of pyridine rings is 1. The van der Waals surface area contributed by atoms with Gasteiger partial charge >= 0.3 is 5.69 Å². The molecule has 2 aromatic rings. The Kier molecular flexibility index (Phi) is 2.17. The maximum atomic E-state index is 11.4. The van der Waals surface area contributed by atoms with Crippen LogP contribution in [0.15, 0.2) is 30.5 Å². The summed E-state index contributed by atoms with van der Waals surface area (Å²) < 4.78 is 0.462. The van der Waals surface area contributed by atoms with Crippen LogP contribution >= 0.6 is 11.6 Å². The third-order valence-corrected chi connectivity index (χ3v) is 2.23. The van der Waals surface area contributed by atoms with Crippen LogP contribution in [-0.2, 0) is 0 Å². The summed E-state index contributed by atoms with van der Waals surface area (Å²) in [5.74, 6) is 0. The van der Waals surface area contributed by atoms with Crippen molar-refractivity contribution in [3.8, 4) is 0 Å². The summed E-state index contributed by atoms with van der Waals surface area (Å²) in [5.41, 5.74) is 0.102. The Morgan fingerprint density at radius 1 is 1.33 bits per heavy atom. The number of rotatable bonds is 1. The van der Waals surface area contributed by atoms with Gasteiger partial charge in [-0.1, -0.05) is 11.6 Å². The molecule has 1 heterocycles. The largest absolute Gasteiger partial charge is 0.618 e. The van der Waals surface area contributed by atoms with Gasteiger partial charge in [-0.15, -0.1) is 0 Å². The van der Waals surface area contributed by atoms with Crippen LogP contribution in [0.5, 0.6) is 0 Å². The van der Waals surface area contributed by atoms with Crippen LogP contribution in [0, 0.1) is 15.3 Å². The summed E-state index contributed by atoms with van der Waals surface area (Å²) in [7, 11) is 0. The molecule has 0 amide bonds. The summed E-state index contributed by atoms with van der Waals surface area (Å²) in [6.45, 7) is 0. The van der Waals surface area contributed by atoms with E-state index in [2.05, 4.69) is 0 Å². The molecule has 0 atom stereocenters. The van der Waals surface area contributed by atoms with Crippen LogP contribution in [0.4, 0.5) is 5.69 Å². The van der Waals surface area contributed by atoms with Gasteiger partial charge in [0, 0.05) is 17.2 Å². The lowest BCUT2D eigenvalue weighted by Crippen LogP contribution is -2.26. The number of fused-ring (bicyclic) bond motifs is 1. The van der Waals surface area contributed by atoms with E-state index in [-0.39, 0.29) is 5.69 Å². The highest BCUT2D eigenvalue weighted by Gasteiger charge is 2.14. The zero-order valence-corrected chi connectivity index (χ0v) is 8.14. The lowest BCUT2D eigenvalue weighted by molar-refractivity contribution is -0.582. The minimum Gasteiger partial charge on any atom is -0.618 e. The van der Waals surface area contributed by atoms with E-state index < -0.39 is 4.92 Å². The van der Waals surface area contributed by atoms with Crippen LogP contribution in [0.3, 0.4) is 0 Å². The minimum atomic E-state index is -0.616. The quantitative estimate of drug-likeness (QED) is 0.322. The predicted octanol–water partition coefficient (Wildman–Crippen LogP) is 2.03. The molecule has 0 fully saturated rings. The molecule has 76 valence electrons. The fraction of sp³-hybridized carbons (Fsp3) is 0. The molecule has 6 heteroatoms. The van der Waals surface area contributed by atoms with Gasteiger partial charge in [-0.05, 0) is 12.1 Å². The van der Waals surface area contributed by atoms with Crippen molar-refractivity contribution >= 4 is 28.2 Å². The van der Waals surface area contributed by atoms with E-state index in [0.717, 1.165) is 6.20 Å². The van der Waals surface area contributed by atoms with E-state index in [9.17, 15) is 15.3 Å². The van der Waals surface area contributed by atoms with Crippen LogP contribution in [0.25, 0.3) is 10.9 Å². The summed E-state index contributed by atoms with van der Waals surface area (Å²) in [6, 6.07) is 5.91. The fourth-order valence-corrected chi connectivity index (χ4v) is 1.51. The first kappa shape index (κ1) is 9.67. The summed E-state index contributed by atoms with van der Waals surface area (Å²) in [4.78, 5) is 9.89. The third kappa shape index (κ3) is 1.69. The molecule has 5 nitrogen and oxygen atoms in total. The van der Waals surface area contributed by atoms with E-state index in [1.807, 2.05) is 0 Å². The first-order valence-electron chi connectivity index (χ1n) is 4.05. The zero-order chi connectivity index (χ0) is 11.0. The van der Waals surface area contributed by atoms with Gasteiger partial charge in [0.15, 0.2) is 0 Å². The van der Waals surface area contributed by atoms with E-state index in [1.54, 1.807) is 6.07 Å². The van der Waals surface area contributed by atoms with Crippen molar-refractivity contribution in [1.82, 2.24) is 0 Å². The van der Waals surface area contributed by atoms with Crippen molar-refractivity contribution in [2.24, 2.45) is 0 Å². The second-order valence-electron chi connectivity index (χ2n) is 2.98. The maximum Gasteiger partial charge on any atom is 0.334 e. The molecular weight excluding hydrogens is 220 g/mol. The molecule has 2 rings (SSSR count). The van der Waals surface area contributed by atoms with Crippen molar-refractivity contribution in [2.75, 3.05) is 0 Å². The molecule has 0 aliphatic rings.